The van der Waals surface area contributed by atoms with Gasteiger partial charge in [0.05, 0.1) is 30.1 Å². The fourth-order valence-electron chi connectivity index (χ4n) is 4.95. The Balaban J connectivity index is 1.54. The number of hydrogen-bond donors (Lipinski definition) is 3. The molecule has 220 valence electrons. The Kier molecular flexibility index (Phi) is 7.61. The molecule has 17 heteroatoms. The maximum Gasteiger partial charge on any atom is 0.328 e. The number of ether oxygens (including phenoxy) is 2. The molecule has 14 nitrogen and oxygen atoms in total. The van der Waals surface area contributed by atoms with Crippen molar-refractivity contribution in [3.8, 4) is 11.5 Å². The van der Waals surface area contributed by atoms with E-state index < -0.39 is 62.3 Å². The molecule has 0 spiro atoms. The van der Waals surface area contributed by atoms with Crippen LogP contribution in [0, 0.1) is 5.92 Å². The molecule has 2 unspecified atom stereocenters. The first-order valence-corrected chi connectivity index (χ1v) is 15.3. The second-order valence-electron chi connectivity index (χ2n) is 9.25. The molecule has 2 aliphatic heterocycles. The van der Waals surface area contributed by atoms with Crippen LogP contribution in [-0.4, -0.2) is 61.1 Å². The molecule has 1 saturated heterocycles. The van der Waals surface area contributed by atoms with E-state index in [-0.39, 0.29) is 10.6 Å². The maximum atomic E-state index is 13.4. The van der Waals surface area contributed by atoms with Crippen LogP contribution in [0.2, 0.25) is 0 Å². The van der Waals surface area contributed by atoms with Crippen LogP contribution in [0.5, 0.6) is 11.5 Å². The second kappa shape index (κ2) is 10.9. The third-order valence-electron chi connectivity index (χ3n) is 6.80. The molecule has 1 aromatic heterocycles. The number of methoxy groups -OCH3 is 2. The van der Waals surface area contributed by atoms with Gasteiger partial charge in [0, 0.05) is 16.5 Å². The van der Waals surface area contributed by atoms with Gasteiger partial charge >= 0.3 is 10.9 Å². The zero-order chi connectivity index (χ0) is 30.5. The summed E-state index contributed by atoms with van der Waals surface area (Å²) in [5.74, 6) is -3.37. The van der Waals surface area contributed by atoms with Gasteiger partial charge in [0.15, 0.2) is 11.5 Å². The fourth-order valence-corrected chi connectivity index (χ4v) is 8.24. The van der Waals surface area contributed by atoms with Crippen LogP contribution in [0.15, 0.2) is 57.2 Å². The molecule has 5 N–H and O–H groups in total. The summed E-state index contributed by atoms with van der Waals surface area (Å²) in [5.41, 5.74) is 6.14. The molecule has 3 atom stereocenters. The van der Waals surface area contributed by atoms with Gasteiger partial charge in [0.1, 0.15) is 11.8 Å². The van der Waals surface area contributed by atoms with Crippen molar-refractivity contribution in [3.63, 3.8) is 0 Å². The first-order chi connectivity index (χ1) is 19.8. The summed E-state index contributed by atoms with van der Waals surface area (Å²) < 4.78 is 34.9. The zero-order valence-corrected chi connectivity index (χ0v) is 24.4. The molecule has 2 aliphatic rings. The molecule has 0 saturated carbocycles. The minimum atomic E-state index is -3.92. The number of nitrogens with zero attached hydrogens (tertiary/aromatic N) is 2. The number of anilines is 1. The highest BCUT2D eigenvalue weighted by atomic mass is 32.2. The van der Waals surface area contributed by atoms with E-state index in [9.17, 15) is 32.4 Å². The van der Waals surface area contributed by atoms with E-state index in [0.29, 0.717) is 31.9 Å². The van der Waals surface area contributed by atoms with Crippen LogP contribution >= 0.6 is 23.1 Å². The zero-order valence-electron chi connectivity index (χ0n) is 21.9. The lowest BCUT2D eigenvalue weighted by Gasteiger charge is -2.31. The number of carbonyl (C=O) groups excluding carboxylic acids is 4. The van der Waals surface area contributed by atoms with Crippen molar-refractivity contribution < 1.29 is 37.1 Å². The molecule has 0 bridgehead atoms. The largest absolute Gasteiger partial charge is 0.493 e. The number of likely N-dealkylation sites (tertiary alicyclic amines) is 1. The molecular weight excluding hydrogens is 611 g/mol. The molecule has 1 fully saturated rings. The number of carbonyl (C=O) groups is 4. The standard InChI is InChI=1S/C25H23N5O9S3/c1-38-14-8-3-11(9-15(14)39-2)17-18-19(22(33)30(21(18)32)24(26)34)40-23-20(17)41-25(35)29(23)10-16(31)28-12-4-6-13(7-5-12)42(27,36)37/h3-9,17-19H,10H2,1-2H3,(H2,26,34)(H,28,31)(H2,27,36,37)/t17-,18?,19?/m0/s1. The lowest BCUT2D eigenvalue weighted by Crippen LogP contribution is -2.41. The SMILES string of the molecule is COc1ccc([C@@H]2c3sc(=O)n(CC(=O)Nc4ccc(S(N)(=O)=O)cc4)c3SC3C(=O)N(C(N)=O)C(=O)C32)cc1OC. The number of thioether (sulfide) groups is 1. The molecule has 0 radical (unpaired) electrons. The minimum absolute atomic E-state index is 0.142. The number of aromatic nitrogens is 1. The van der Waals surface area contributed by atoms with Gasteiger partial charge in [-0.2, -0.15) is 4.90 Å². The Bertz CT molecular complexity index is 1800. The van der Waals surface area contributed by atoms with Crippen molar-refractivity contribution in [3.05, 3.63) is 62.6 Å². The normalized spacial score (nSPS) is 19.7. The number of nitrogens with one attached hydrogen (secondary N) is 1. The molecule has 2 aromatic carbocycles. The van der Waals surface area contributed by atoms with E-state index in [1.165, 1.54) is 43.1 Å². The van der Waals surface area contributed by atoms with Gasteiger partial charge in [0.25, 0.3) is 5.91 Å². The second-order valence-corrected chi connectivity index (χ2v) is 12.9. The lowest BCUT2D eigenvalue weighted by molar-refractivity contribution is -0.135. The topological polar surface area (TPSA) is 210 Å². The molecule has 5 amide bonds. The molecule has 0 aliphatic carbocycles. The van der Waals surface area contributed by atoms with E-state index in [0.717, 1.165) is 23.1 Å². The Morgan fingerprint density at radius 1 is 1.00 bits per heavy atom. The van der Waals surface area contributed by atoms with Crippen molar-refractivity contribution in [1.29, 1.82) is 0 Å². The summed E-state index contributed by atoms with van der Waals surface area (Å²) in [4.78, 5) is 65.0. The van der Waals surface area contributed by atoms with Gasteiger partial charge in [-0.05, 0) is 42.0 Å². The van der Waals surface area contributed by atoms with Crippen LogP contribution in [-0.2, 0) is 31.0 Å². The van der Waals surface area contributed by atoms with E-state index in [1.807, 2.05) is 0 Å². The predicted molar refractivity (Wildman–Crippen MR) is 151 cm³/mol. The smallest absolute Gasteiger partial charge is 0.328 e. The summed E-state index contributed by atoms with van der Waals surface area (Å²) in [7, 11) is -1.04. The Hall–Kier alpha value is -4.19. The van der Waals surface area contributed by atoms with Gasteiger partial charge in [-0.3, -0.25) is 23.7 Å². The van der Waals surface area contributed by atoms with Crippen molar-refractivity contribution >= 4 is 62.6 Å². The van der Waals surface area contributed by atoms with Crippen LogP contribution in [0.3, 0.4) is 0 Å². The number of nitrogens with two attached hydrogens (primary N) is 2. The lowest BCUT2D eigenvalue weighted by atomic mass is 9.83. The highest BCUT2D eigenvalue weighted by Gasteiger charge is 2.58. The van der Waals surface area contributed by atoms with Crippen LogP contribution in [0.4, 0.5) is 10.5 Å². The first-order valence-electron chi connectivity index (χ1n) is 12.1. The average Bonchev–Trinajstić information content (AvgIpc) is 3.38. The Labute approximate surface area is 246 Å². The number of primary sulfonamides is 1. The van der Waals surface area contributed by atoms with Crippen LogP contribution in [0.25, 0.3) is 0 Å². The van der Waals surface area contributed by atoms with Crippen molar-refractivity contribution in [2.75, 3.05) is 19.5 Å². The maximum absolute atomic E-state index is 13.4. The van der Waals surface area contributed by atoms with Gasteiger partial charge in [0.2, 0.25) is 21.8 Å². The van der Waals surface area contributed by atoms with Crippen LogP contribution < -0.4 is 30.5 Å². The number of sulfonamides is 1. The highest BCUT2D eigenvalue weighted by molar-refractivity contribution is 8.00. The number of urea groups is 1. The molecule has 42 heavy (non-hydrogen) atoms. The van der Waals surface area contributed by atoms with E-state index in [1.54, 1.807) is 18.2 Å². The number of hydrogen-bond acceptors (Lipinski definition) is 11. The summed E-state index contributed by atoms with van der Waals surface area (Å²) in [6.07, 6.45) is 0. The molecule has 3 heterocycles. The molecule has 5 rings (SSSR count). The quantitative estimate of drug-likeness (QED) is 0.313. The number of amides is 5. The van der Waals surface area contributed by atoms with Crippen molar-refractivity contribution in [1.82, 2.24) is 9.47 Å². The number of imide groups is 3. The number of rotatable bonds is 7. The summed E-state index contributed by atoms with van der Waals surface area (Å²) >= 11 is 1.73. The Morgan fingerprint density at radius 3 is 2.26 bits per heavy atom. The first kappa shape index (κ1) is 29.3. The third kappa shape index (κ3) is 5.04. The third-order valence-corrected chi connectivity index (χ3v) is 10.3. The summed E-state index contributed by atoms with van der Waals surface area (Å²) in [5, 5.41) is 6.89. The monoisotopic (exact) mass is 633 g/mol. The van der Waals surface area contributed by atoms with E-state index >= 15 is 0 Å². The molecular formula is C25H23N5O9S3. The van der Waals surface area contributed by atoms with Crippen LogP contribution in [0.1, 0.15) is 16.4 Å². The minimum Gasteiger partial charge on any atom is -0.493 e. The highest BCUT2D eigenvalue weighted by Crippen LogP contribution is 2.54. The van der Waals surface area contributed by atoms with Crippen molar-refractivity contribution in [2.45, 2.75) is 27.6 Å². The fraction of sp³-hybridized carbons (Fsp3) is 0.240. The van der Waals surface area contributed by atoms with Crippen molar-refractivity contribution in [2.24, 2.45) is 16.8 Å². The van der Waals surface area contributed by atoms with Gasteiger partial charge in [-0.15, -0.1) is 0 Å². The number of fused-ring (bicyclic) bond motifs is 2. The summed E-state index contributed by atoms with van der Waals surface area (Å²) in [6, 6.07) is 8.83. The average molecular weight is 634 g/mol. The predicted octanol–water partition coefficient (Wildman–Crippen LogP) is 0.883. The van der Waals surface area contributed by atoms with Gasteiger partial charge in [-0.25, -0.2) is 18.4 Å². The number of primary amides is 1. The van der Waals surface area contributed by atoms with E-state index in [4.69, 9.17) is 20.3 Å². The number of benzene rings is 2. The number of thiazole rings is 1. The van der Waals surface area contributed by atoms with Gasteiger partial charge < -0.3 is 20.5 Å². The summed E-state index contributed by atoms with van der Waals surface area (Å²) in [6.45, 7) is -0.452. The Morgan fingerprint density at radius 2 is 1.67 bits per heavy atom. The molecule has 3 aromatic rings. The van der Waals surface area contributed by atoms with Gasteiger partial charge in [-0.1, -0.05) is 29.2 Å². The van der Waals surface area contributed by atoms with E-state index in [2.05, 4.69) is 5.32 Å².